The maximum Gasteiger partial charge on any atom is 0.407 e. The van der Waals surface area contributed by atoms with Gasteiger partial charge in [-0.3, -0.25) is 4.79 Å². The number of amides is 2. The van der Waals surface area contributed by atoms with E-state index in [0.29, 0.717) is 0 Å². The number of hydrogen-bond acceptors (Lipinski definition) is 5. The van der Waals surface area contributed by atoms with Crippen molar-refractivity contribution < 1.29 is 29.0 Å². The third-order valence-corrected chi connectivity index (χ3v) is 4.65. The zero-order valence-electron chi connectivity index (χ0n) is 15.9. The number of carboxylic acid groups (broad SMARTS) is 1. The summed E-state index contributed by atoms with van der Waals surface area (Å²) in [5.41, 5.74) is 4.46. The summed E-state index contributed by atoms with van der Waals surface area (Å²) < 4.78 is 10.1. The van der Waals surface area contributed by atoms with E-state index in [1.165, 1.54) is 6.92 Å². The zero-order valence-corrected chi connectivity index (χ0v) is 15.9. The Labute approximate surface area is 167 Å². The molecule has 0 aliphatic heterocycles. The van der Waals surface area contributed by atoms with Crippen molar-refractivity contribution in [3.8, 4) is 11.1 Å². The van der Waals surface area contributed by atoms with Gasteiger partial charge in [0.1, 0.15) is 26.0 Å². The van der Waals surface area contributed by atoms with Gasteiger partial charge in [-0.05, 0) is 29.2 Å². The molecule has 0 unspecified atom stereocenters. The maximum atomic E-state index is 12.1. The fourth-order valence-corrected chi connectivity index (χ4v) is 3.30. The molecule has 0 fully saturated rings. The van der Waals surface area contributed by atoms with Gasteiger partial charge in [0, 0.05) is 5.92 Å². The largest absolute Gasteiger partial charge is 0.480 e. The molecule has 0 bridgehead atoms. The molecule has 0 aromatic heterocycles. The highest BCUT2D eigenvalue weighted by molar-refractivity contribution is 5.85. The van der Waals surface area contributed by atoms with Gasteiger partial charge in [-0.1, -0.05) is 48.5 Å². The number of hydrogen-bond donors (Lipinski definition) is 3. The normalized spacial score (nSPS) is 13.1. The summed E-state index contributed by atoms with van der Waals surface area (Å²) >= 11 is 0. The number of aliphatic carboxylic acids is 1. The Hall–Kier alpha value is -3.39. The summed E-state index contributed by atoms with van der Waals surface area (Å²) in [6.07, 6.45) is -0.707. The lowest BCUT2D eigenvalue weighted by atomic mass is 9.98. The van der Waals surface area contributed by atoms with E-state index < -0.39 is 30.6 Å². The number of alkyl carbamates (subject to hydrolysis) is 1. The topological polar surface area (TPSA) is 114 Å². The van der Waals surface area contributed by atoms with Gasteiger partial charge >= 0.3 is 12.1 Å². The Kier molecular flexibility index (Phi) is 6.46. The molecule has 0 saturated heterocycles. The van der Waals surface area contributed by atoms with Crippen LogP contribution in [-0.2, 0) is 19.1 Å². The van der Waals surface area contributed by atoms with E-state index in [1.54, 1.807) is 0 Å². The fraction of sp³-hybridized carbons (Fsp3) is 0.286. The minimum absolute atomic E-state index is 0.0679. The number of carbonyl (C=O) groups is 3. The highest BCUT2D eigenvalue weighted by Gasteiger charge is 2.29. The van der Waals surface area contributed by atoms with Crippen LogP contribution in [0, 0.1) is 0 Å². The second-order valence-corrected chi connectivity index (χ2v) is 6.62. The van der Waals surface area contributed by atoms with Crippen LogP contribution in [-0.4, -0.2) is 49.1 Å². The quantitative estimate of drug-likeness (QED) is 0.463. The van der Waals surface area contributed by atoms with E-state index in [-0.39, 0.29) is 19.3 Å². The lowest BCUT2D eigenvalue weighted by Gasteiger charge is -2.17. The van der Waals surface area contributed by atoms with Gasteiger partial charge in [0.2, 0.25) is 5.91 Å². The van der Waals surface area contributed by atoms with Crippen LogP contribution < -0.4 is 10.6 Å². The summed E-state index contributed by atoms with van der Waals surface area (Å²) in [7, 11) is 0. The fourth-order valence-electron chi connectivity index (χ4n) is 3.30. The van der Waals surface area contributed by atoms with E-state index in [1.807, 2.05) is 48.5 Å². The number of rotatable bonds is 8. The van der Waals surface area contributed by atoms with Crippen LogP contribution in [0.2, 0.25) is 0 Å². The Morgan fingerprint density at radius 1 is 1.03 bits per heavy atom. The van der Waals surface area contributed by atoms with Gasteiger partial charge in [0.15, 0.2) is 0 Å². The standard InChI is InChI=1S/C21H22N2O6/c1-13(20(26)22-12-28-11-19(24)25)23-21(27)29-10-18-16-8-4-2-6-14(16)15-7-3-5-9-17(15)18/h2-9,13,18H,10-12H2,1H3,(H,22,26)(H,23,27)(H,24,25)/t13-/m0/s1. The Morgan fingerprint density at radius 2 is 1.62 bits per heavy atom. The molecule has 1 aliphatic rings. The van der Waals surface area contributed by atoms with E-state index >= 15 is 0 Å². The van der Waals surface area contributed by atoms with Gasteiger partial charge in [0.05, 0.1) is 0 Å². The maximum absolute atomic E-state index is 12.1. The van der Waals surface area contributed by atoms with E-state index in [0.717, 1.165) is 22.3 Å². The Morgan fingerprint density at radius 3 is 2.21 bits per heavy atom. The molecule has 152 valence electrons. The van der Waals surface area contributed by atoms with Crippen LogP contribution in [0.3, 0.4) is 0 Å². The molecule has 0 saturated carbocycles. The average molecular weight is 398 g/mol. The third-order valence-electron chi connectivity index (χ3n) is 4.65. The summed E-state index contributed by atoms with van der Waals surface area (Å²) in [4.78, 5) is 34.4. The summed E-state index contributed by atoms with van der Waals surface area (Å²) in [5.74, 6) is -1.71. The van der Waals surface area contributed by atoms with Gasteiger partial charge in [-0.2, -0.15) is 0 Å². The van der Waals surface area contributed by atoms with Crippen LogP contribution in [0.4, 0.5) is 4.79 Å². The molecule has 1 atom stereocenters. The molecule has 0 spiro atoms. The smallest absolute Gasteiger partial charge is 0.407 e. The first kappa shape index (κ1) is 20.3. The molecular weight excluding hydrogens is 376 g/mol. The van der Waals surface area contributed by atoms with Gasteiger partial charge in [-0.15, -0.1) is 0 Å². The molecule has 2 aromatic rings. The molecule has 2 amide bonds. The number of nitrogens with one attached hydrogen (secondary N) is 2. The second kappa shape index (κ2) is 9.20. The second-order valence-electron chi connectivity index (χ2n) is 6.62. The van der Waals surface area contributed by atoms with E-state index in [4.69, 9.17) is 14.6 Å². The van der Waals surface area contributed by atoms with Crippen molar-refractivity contribution in [2.45, 2.75) is 18.9 Å². The van der Waals surface area contributed by atoms with Crippen LogP contribution in [0.5, 0.6) is 0 Å². The molecule has 3 rings (SSSR count). The molecule has 8 nitrogen and oxygen atoms in total. The Balaban J connectivity index is 1.52. The van der Waals surface area contributed by atoms with Crippen molar-refractivity contribution in [1.82, 2.24) is 10.6 Å². The van der Waals surface area contributed by atoms with Crippen LogP contribution in [0.15, 0.2) is 48.5 Å². The number of carbonyl (C=O) groups excluding carboxylic acids is 2. The summed E-state index contributed by atoms with van der Waals surface area (Å²) in [5, 5.41) is 13.3. The number of ether oxygens (including phenoxy) is 2. The molecule has 3 N–H and O–H groups in total. The van der Waals surface area contributed by atoms with Crippen LogP contribution >= 0.6 is 0 Å². The van der Waals surface area contributed by atoms with Crippen molar-refractivity contribution in [2.75, 3.05) is 19.9 Å². The monoisotopic (exact) mass is 398 g/mol. The van der Waals surface area contributed by atoms with Crippen molar-refractivity contribution in [1.29, 1.82) is 0 Å². The number of carboxylic acids is 1. The van der Waals surface area contributed by atoms with Gasteiger partial charge < -0.3 is 25.2 Å². The lowest BCUT2D eigenvalue weighted by Crippen LogP contribution is -2.45. The first-order chi connectivity index (χ1) is 14.0. The van der Waals surface area contributed by atoms with Crippen LogP contribution in [0.25, 0.3) is 11.1 Å². The van der Waals surface area contributed by atoms with Crippen molar-refractivity contribution in [2.24, 2.45) is 0 Å². The van der Waals surface area contributed by atoms with Crippen molar-refractivity contribution >= 4 is 18.0 Å². The average Bonchev–Trinajstić information content (AvgIpc) is 3.03. The zero-order chi connectivity index (χ0) is 20.8. The molecule has 1 aliphatic carbocycles. The predicted molar refractivity (Wildman–Crippen MR) is 104 cm³/mol. The molecule has 0 heterocycles. The lowest BCUT2D eigenvalue weighted by molar-refractivity contribution is -0.143. The molecule has 0 radical (unpaired) electrons. The summed E-state index contributed by atoms with van der Waals surface area (Å²) in [6, 6.07) is 15.1. The molecule has 29 heavy (non-hydrogen) atoms. The minimum Gasteiger partial charge on any atom is -0.480 e. The SMILES string of the molecule is C[C@H](NC(=O)OCC1c2ccccc2-c2ccccc21)C(=O)NCOCC(=O)O. The van der Waals surface area contributed by atoms with Crippen molar-refractivity contribution in [3.63, 3.8) is 0 Å². The van der Waals surface area contributed by atoms with E-state index in [2.05, 4.69) is 10.6 Å². The first-order valence-corrected chi connectivity index (χ1v) is 9.16. The van der Waals surface area contributed by atoms with Gasteiger partial charge in [-0.25, -0.2) is 9.59 Å². The first-order valence-electron chi connectivity index (χ1n) is 9.16. The van der Waals surface area contributed by atoms with E-state index in [9.17, 15) is 14.4 Å². The Bertz CT molecular complexity index is 868. The van der Waals surface area contributed by atoms with Crippen LogP contribution in [0.1, 0.15) is 24.0 Å². The molecular formula is C21H22N2O6. The number of fused-ring (bicyclic) bond motifs is 3. The third kappa shape index (κ3) is 4.91. The summed E-state index contributed by atoms with van der Waals surface area (Å²) in [6.45, 7) is 0.861. The molecule has 2 aromatic carbocycles. The highest BCUT2D eigenvalue weighted by Crippen LogP contribution is 2.44. The molecule has 8 heteroatoms. The van der Waals surface area contributed by atoms with Gasteiger partial charge in [0.25, 0.3) is 0 Å². The van der Waals surface area contributed by atoms with Crippen molar-refractivity contribution in [3.05, 3.63) is 59.7 Å². The highest BCUT2D eigenvalue weighted by atomic mass is 16.5. The number of benzene rings is 2. The predicted octanol–water partition coefficient (Wildman–Crippen LogP) is 2.09. The minimum atomic E-state index is -1.14.